The lowest BCUT2D eigenvalue weighted by molar-refractivity contribution is 0.343. The summed E-state index contributed by atoms with van der Waals surface area (Å²) in [6, 6.07) is 7.01. The number of rotatable bonds is 5. The van der Waals surface area contributed by atoms with Crippen LogP contribution >= 0.6 is 11.3 Å². The molecule has 3 aliphatic rings. The third-order valence-electron chi connectivity index (χ3n) is 6.85. The van der Waals surface area contributed by atoms with Gasteiger partial charge in [0.2, 0.25) is 0 Å². The van der Waals surface area contributed by atoms with Gasteiger partial charge in [0.05, 0.1) is 0 Å². The number of hydrogen-bond donors (Lipinski definition) is 0. The number of nitrogens with zero attached hydrogens (tertiary/aromatic N) is 3. The third kappa shape index (κ3) is 4.05. The highest BCUT2D eigenvalue weighted by atomic mass is 32.1. The highest BCUT2D eigenvalue weighted by molar-refractivity contribution is 7.14. The van der Waals surface area contributed by atoms with Crippen LogP contribution in [-0.4, -0.2) is 22.5 Å². The molecule has 1 fully saturated rings. The summed E-state index contributed by atoms with van der Waals surface area (Å²) in [6.45, 7) is 13.7. The molecular weight excluding hydrogens is 410 g/mol. The van der Waals surface area contributed by atoms with Crippen molar-refractivity contribution >= 4 is 23.1 Å². The number of benzene rings is 1. The van der Waals surface area contributed by atoms with E-state index in [0.717, 1.165) is 17.3 Å². The maximum atomic E-state index is 4.81. The predicted molar refractivity (Wildman–Crippen MR) is 136 cm³/mol. The van der Waals surface area contributed by atoms with Crippen molar-refractivity contribution in [1.29, 1.82) is 0 Å². The first-order valence-electron chi connectivity index (χ1n) is 11.8. The Kier molecular flexibility index (Phi) is 5.32. The lowest BCUT2D eigenvalue weighted by Gasteiger charge is -2.19. The smallest absolute Gasteiger partial charge is 0.148 e. The van der Waals surface area contributed by atoms with E-state index in [1.165, 1.54) is 44.8 Å². The first kappa shape index (κ1) is 21.5. The van der Waals surface area contributed by atoms with E-state index >= 15 is 0 Å². The van der Waals surface area contributed by atoms with Crippen molar-refractivity contribution in [2.75, 3.05) is 0 Å². The molecule has 1 saturated carbocycles. The summed E-state index contributed by atoms with van der Waals surface area (Å²) in [7, 11) is 0. The van der Waals surface area contributed by atoms with Gasteiger partial charge in [-0.15, -0.1) is 10.2 Å². The predicted octanol–water partition coefficient (Wildman–Crippen LogP) is 7.28. The molecule has 1 aromatic heterocycles. The second-order valence-electron chi connectivity index (χ2n) is 11.1. The van der Waals surface area contributed by atoms with Gasteiger partial charge in [0.25, 0.3) is 0 Å². The van der Waals surface area contributed by atoms with Gasteiger partial charge in [-0.2, -0.15) is 0 Å². The zero-order chi connectivity index (χ0) is 22.6. The van der Waals surface area contributed by atoms with E-state index in [1.807, 2.05) is 6.21 Å². The molecule has 0 bridgehead atoms. The highest BCUT2D eigenvalue weighted by Gasteiger charge is 2.47. The quantitative estimate of drug-likeness (QED) is 0.487. The number of aromatic nitrogens is 2. The molecule has 4 heteroatoms. The highest BCUT2D eigenvalue weighted by Crippen LogP contribution is 2.57. The molecule has 3 nitrogen and oxygen atoms in total. The number of fused-ring (bicyclic) bond motifs is 1. The fourth-order valence-corrected chi connectivity index (χ4v) is 6.18. The van der Waals surface area contributed by atoms with Crippen LogP contribution in [0.1, 0.15) is 70.0 Å². The summed E-state index contributed by atoms with van der Waals surface area (Å²) in [4.78, 5) is 4.81. The largest absolute Gasteiger partial charge is 0.280 e. The fourth-order valence-electron chi connectivity index (χ4n) is 5.10. The lowest BCUT2D eigenvalue weighted by Crippen LogP contribution is -2.11. The van der Waals surface area contributed by atoms with Crippen LogP contribution in [0.5, 0.6) is 0 Å². The zero-order valence-electron chi connectivity index (χ0n) is 20.0. The molecule has 1 aliphatic heterocycles. The first-order valence-corrected chi connectivity index (χ1v) is 12.6. The first-order chi connectivity index (χ1) is 15.2. The Morgan fingerprint density at radius 2 is 1.94 bits per heavy atom. The molecule has 0 saturated heterocycles. The van der Waals surface area contributed by atoms with Gasteiger partial charge in [-0.05, 0) is 64.9 Å². The molecule has 2 heterocycles. The zero-order valence-corrected chi connectivity index (χ0v) is 20.8. The van der Waals surface area contributed by atoms with Crippen LogP contribution < -0.4 is 0 Å². The minimum atomic E-state index is 0.133. The second kappa shape index (κ2) is 7.91. The van der Waals surface area contributed by atoms with E-state index in [1.54, 1.807) is 11.3 Å². The van der Waals surface area contributed by atoms with Gasteiger partial charge in [0.1, 0.15) is 16.1 Å². The summed E-state index contributed by atoms with van der Waals surface area (Å²) in [5.41, 5.74) is 8.03. The van der Waals surface area contributed by atoms with E-state index in [9.17, 15) is 0 Å². The molecule has 0 amide bonds. The molecule has 0 radical (unpaired) electrons. The summed E-state index contributed by atoms with van der Waals surface area (Å²) in [5, 5.41) is 11.5. The molecule has 0 N–H and O–H groups in total. The molecule has 2 aliphatic carbocycles. The van der Waals surface area contributed by atoms with E-state index in [2.05, 4.69) is 88.2 Å². The Labute approximate surface area is 196 Å². The molecule has 166 valence electrons. The lowest BCUT2D eigenvalue weighted by atomic mass is 9.89. The van der Waals surface area contributed by atoms with Crippen LogP contribution in [0.2, 0.25) is 0 Å². The number of aliphatic imine (C=N–C) groups is 1. The average Bonchev–Trinajstić information content (AvgIpc) is 3.22. The topological polar surface area (TPSA) is 38.1 Å². The third-order valence-corrected chi connectivity index (χ3v) is 7.93. The minimum Gasteiger partial charge on any atom is -0.280 e. The number of allylic oxidation sites excluding steroid dienone is 3. The van der Waals surface area contributed by atoms with Crippen molar-refractivity contribution in [3.63, 3.8) is 0 Å². The van der Waals surface area contributed by atoms with Crippen LogP contribution in [-0.2, 0) is 6.42 Å². The molecule has 32 heavy (non-hydrogen) atoms. The van der Waals surface area contributed by atoms with Gasteiger partial charge in [0.15, 0.2) is 0 Å². The Bertz CT molecular complexity index is 1170. The Morgan fingerprint density at radius 3 is 2.66 bits per heavy atom. The summed E-state index contributed by atoms with van der Waals surface area (Å²) in [5.74, 6) is 1.89. The van der Waals surface area contributed by atoms with Gasteiger partial charge in [-0.25, -0.2) is 0 Å². The van der Waals surface area contributed by atoms with E-state index in [4.69, 9.17) is 4.99 Å². The monoisotopic (exact) mass is 443 g/mol. The number of hydrogen-bond acceptors (Lipinski definition) is 4. The molecular formula is C28H33N3S. The normalized spacial score (nSPS) is 24.3. The van der Waals surface area contributed by atoms with Crippen LogP contribution in [0.15, 0.2) is 52.6 Å². The molecule has 2 unspecified atom stereocenters. The number of dihydropyridines is 1. The van der Waals surface area contributed by atoms with Gasteiger partial charge in [-0.3, -0.25) is 4.99 Å². The van der Waals surface area contributed by atoms with Gasteiger partial charge >= 0.3 is 0 Å². The Hall–Kier alpha value is -2.33. The summed E-state index contributed by atoms with van der Waals surface area (Å²) in [6.07, 6.45) is 11.0. The molecule has 0 spiro atoms. The Balaban J connectivity index is 1.44. The molecule has 2 aromatic rings. The molecule has 1 aromatic carbocycles. The van der Waals surface area contributed by atoms with Gasteiger partial charge < -0.3 is 0 Å². The van der Waals surface area contributed by atoms with Crippen molar-refractivity contribution < 1.29 is 0 Å². The van der Waals surface area contributed by atoms with Crippen molar-refractivity contribution in [3.8, 4) is 10.6 Å². The van der Waals surface area contributed by atoms with Crippen molar-refractivity contribution in [3.05, 3.63) is 63.7 Å². The maximum absolute atomic E-state index is 4.81. The van der Waals surface area contributed by atoms with Crippen molar-refractivity contribution in [2.24, 2.45) is 22.2 Å². The molecule has 3 atom stereocenters. The molecule has 5 rings (SSSR count). The van der Waals surface area contributed by atoms with E-state index in [-0.39, 0.29) is 6.04 Å². The van der Waals surface area contributed by atoms with Gasteiger partial charge in [-0.1, -0.05) is 82.4 Å². The SMILES string of the molecule is CC1=CC2=CC=C(c3ccc(-c4nnc(C5C[C@H]5C(C)(C)C)s4)c(CC(C)C)c3)C2N=C1. The van der Waals surface area contributed by atoms with E-state index < -0.39 is 0 Å². The van der Waals surface area contributed by atoms with E-state index in [0.29, 0.717) is 17.3 Å². The summed E-state index contributed by atoms with van der Waals surface area (Å²) >= 11 is 1.80. The van der Waals surface area contributed by atoms with Gasteiger partial charge in [0, 0.05) is 17.7 Å². The Morgan fingerprint density at radius 1 is 1.12 bits per heavy atom. The van der Waals surface area contributed by atoms with Crippen molar-refractivity contribution in [2.45, 2.75) is 66.3 Å². The van der Waals surface area contributed by atoms with Crippen LogP contribution in [0.3, 0.4) is 0 Å². The van der Waals surface area contributed by atoms with Crippen LogP contribution in [0.25, 0.3) is 16.1 Å². The van der Waals surface area contributed by atoms with Crippen LogP contribution in [0, 0.1) is 17.3 Å². The summed E-state index contributed by atoms with van der Waals surface area (Å²) < 4.78 is 0. The average molecular weight is 444 g/mol. The standard InChI is InChI=1S/C28H33N3S/c1-16(2)11-20-13-18(21-9-8-19-12-17(3)15-29-25(19)21)7-10-22(20)26-30-31-27(32-26)23-14-24(23)28(4,5)6/h7-10,12-13,15-16,23-25H,11,14H2,1-6H3/t23?,24-,25?/m1/s1. The van der Waals surface area contributed by atoms with Crippen LogP contribution in [0.4, 0.5) is 0 Å². The maximum Gasteiger partial charge on any atom is 0.148 e. The van der Waals surface area contributed by atoms with Crippen molar-refractivity contribution in [1.82, 2.24) is 10.2 Å². The minimum absolute atomic E-state index is 0.133. The second-order valence-corrected chi connectivity index (χ2v) is 12.1. The fraction of sp³-hybridized carbons (Fsp3) is 0.464.